The molecule has 0 saturated carbocycles. The Morgan fingerprint density at radius 1 is 1.12 bits per heavy atom. The Morgan fingerprint density at radius 2 is 1.88 bits per heavy atom. The van der Waals surface area contributed by atoms with E-state index in [1.807, 2.05) is 13.8 Å². The number of hydrogen-bond donors (Lipinski definition) is 2. The van der Waals surface area contributed by atoms with E-state index in [1.165, 1.54) is 12.1 Å². The van der Waals surface area contributed by atoms with Crippen LogP contribution in [0.5, 0.6) is 0 Å². The largest absolute Gasteiger partial charge is 0.350 e. The summed E-state index contributed by atoms with van der Waals surface area (Å²) in [4.78, 5) is 24.5. The monoisotopic (exact) mass is 328 g/mol. The van der Waals surface area contributed by atoms with Crippen molar-refractivity contribution in [1.29, 1.82) is 0 Å². The van der Waals surface area contributed by atoms with Crippen LogP contribution in [0.3, 0.4) is 0 Å². The minimum absolute atomic E-state index is 0.0408. The summed E-state index contributed by atoms with van der Waals surface area (Å²) in [7, 11) is 0. The predicted molar refractivity (Wildman–Crippen MR) is 92.4 cm³/mol. The molecule has 126 valence electrons. The molecule has 0 fully saturated rings. The Labute approximate surface area is 141 Å². The molecule has 2 aromatic rings. The first-order valence-electron chi connectivity index (χ1n) is 7.93. The maximum absolute atomic E-state index is 13.2. The summed E-state index contributed by atoms with van der Waals surface area (Å²) in [5.41, 5.74) is 1.43. The number of anilines is 1. The van der Waals surface area contributed by atoms with Gasteiger partial charge in [-0.25, -0.2) is 4.39 Å². The second kappa shape index (κ2) is 8.24. The zero-order valence-electron chi connectivity index (χ0n) is 13.8. The minimum atomic E-state index is -0.381. The lowest BCUT2D eigenvalue weighted by molar-refractivity contribution is -0.115. The summed E-state index contributed by atoms with van der Waals surface area (Å²) < 4.78 is 13.2. The molecule has 2 N–H and O–H groups in total. The first kappa shape index (κ1) is 17.7. The average molecular weight is 328 g/mol. The van der Waals surface area contributed by atoms with Gasteiger partial charge in [0.15, 0.2) is 0 Å². The van der Waals surface area contributed by atoms with E-state index in [4.69, 9.17) is 0 Å². The number of rotatable bonds is 6. The molecule has 0 heterocycles. The van der Waals surface area contributed by atoms with Crippen LogP contribution >= 0.6 is 0 Å². The standard InChI is InChI=1S/C19H21FN2O2/c1-3-13(2)21-19(24)16-9-4-5-10-17(16)22-18(23)12-14-7-6-8-15(20)11-14/h4-11,13H,3,12H2,1-2H3,(H,21,24)(H,22,23)/t13-/m1/s1. The van der Waals surface area contributed by atoms with Gasteiger partial charge >= 0.3 is 0 Å². The minimum Gasteiger partial charge on any atom is -0.350 e. The van der Waals surface area contributed by atoms with Crippen LogP contribution in [-0.2, 0) is 11.2 Å². The van der Waals surface area contributed by atoms with E-state index in [0.717, 1.165) is 6.42 Å². The van der Waals surface area contributed by atoms with E-state index in [1.54, 1.807) is 36.4 Å². The number of benzene rings is 2. The fourth-order valence-electron chi connectivity index (χ4n) is 2.22. The predicted octanol–water partition coefficient (Wildman–Crippen LogP) is 3.54. The van der Waals surface area contributed by atoms with Gasteiger partial charge < -0.3 is 10.6 Å². The molecule has 0 radical (unpaired) electrons. The van der Waals surface area contributed by atoms with Gasteiger partial charge in [-0.3, -0.25) is 9.59 Å². The van der Waals surface area contributed by atoms with Crippen molar-refractivity contribution < 1.29 is 14.0 Å². The Kier molecular flexibility index (Phi) is 6.07. The molecule has 2 rings (SSSR count). The van der Waals surface area contributed by atoms with Gasteiger partial charge in [-0.15, -0.1) is 0 Å². The van der Waals surface area contributed by atoms with Crippen molar-refractivity contribution in [3.63, 3.8) is 0 Å². The Bertz CT molecular complexity index is 731. The molecule has 2 aromatic carbocycles. The zero-order chi connectivity index (χ0) is 17.5. The maximum Gasteiger partial charge on any atom is 0.253 e. The number of nitrogens with one attached hydrogen (secondary N) is 2. The van der Waals surface area contributed by atoms with Gasteiger partial charge in [0, 0.05) is 6.04 Å². The van der Waals surface area contributed by atoms with Crippen LogP contribution in [0.15, 0.2) is 48.5 Å². The highest BCUT2D eigenvalue weighted by Gasteiger charge is 2.14. The SMILES string of the molecule is CC[C@@H](C)NC(=O)c1ccccc1NC(=O)Cc1cccc(F)c1. The van der Waals surface area contributed by atoms with Gasteiger partial charge in [0.2, 0.25) is 5.91 Å². The van der Waals surface area contributed by atoms with Gasteiger partial charge in [0.1, 0.15) is 5.82 Å². The zero-order valence-corrected chi connectivity index (χ0v) is 13.8. The molecule has 0 aliphatic carbocycles. The Morgan fingerprint density at radius 3 is 2.58 bits per heavy atom. The summed E-state index contributed by atoms with van der Waals surface area (Å²) in [5, 5.41) is 5.61. The summed E-state index contributed by atoms with van der Waals surface area (Å²) in [6, 6.07) is 12.8. The second-order valence-corrected chi connectivity index (χ2v) is 5.68. The van der Waals surface area contributed by atoms with Crippen molar-refractivity contribution >= 4 is 17.5 Å². The topological polar surface area (TPSA) is 58.2 Å². The summed E-state index contributed by atoms with van der Waals surface area (Å²) in [6.45, 7) is 3.90. The van der Waals surface area contributed by atoms with E-state index < -0.39 is 0 Å². The molecule has 4 nitrogen and oxygen atoms in total. The first-order valence-corrected chi connectivity index (χ1v) is 7.93. The highest BCUT2D eigenvalue weighted by atomic mass is 19.1. The van der Waals surface area contributed by atoms with Crippen molar-refractivity contribution in [2.75, 3.05) is 5.32 Å². The highest BCUT2D eigenvalue weighted by Crippen LogP contribution is 2.16. The molecular formula is C19H21FN2O2. The van der Waals surface area contributed by atoms with Crippen LogP contribution in [0.1, 0.15) is 36.2 Å². The molecule has 0 unspecified atom stereocenters. The summed E-state index contributed by atoms with van der Waals surface area (Å²) in [6.07, 6.45) is 0.860. The average Bonchev–Trinajstić information content (AvgIpc) is 2.55. The number of halogens is 1. The third-order valence-corrected chi connectivity index (χ3v) is 3.69. The lowest BCUT2D eigenvalue weighted by Gasteiger charge is -2.14. The smallest absolute Gasteiger partial charge is 0.253 e. The van der Waals surface area contributed by atoms with Crippen molar-refractivity contribution in [1.82, 2.24) is 5.32 Å². The molecular weight excluding hydrogens is 307 g/mol. The van der Waals surface area contributed by atoms with Crippen LogP contribution in [0.2, 0.25) is 0 Å². The fourth-order valence-corrected chi connectivity index (χ4v) is 2.22. The molecule has 1 atom stereocenters. The van der Waals surface area contributed by atoms with Crippen molar-refractivity contribution in [3.8, 4) is 0 Å². The summed E-state index contributed by atoms with van der Waals surface area (Å²) in [5.74, 6) is -0.913. The number of para-hydroxylation sites is 1. The number of carbonyl (C=O) groups excluding carboxylic acids is 2. The van der Waals surface area contributed by atoms with Gasteiger partial charge in [-0.05, 0) is 43.2 Å². The van der Waals surface area contributed by atoms with Gasteiger partial charge in [-0.1, -0.05) is 31.2 Å². The van der Waals surface area contributed by atoms with Gasteiger partial charge in [0.05, 0.1) is 17.7 Å². The molecule has 0 aliphatic rings. The van der Waals surface area contributed by atoms with Crippen LogP contribution in [0.25, 0.3) is 0 Å². The van der Waals surface area contributed by atoms with E-state index in [2.05, 4.69) is 10.6 Å². The van der Waals surface area contributed by atoms with Crippen LogP contribution < -0.4 is 10.6 Å². The number of amides is 2. The van der Waals surface area contributed by atoms with E-state index in [-0.39, 0.29) is 30.1 Å². The lowest BCUT2D eigenvalue weighted by atomic mass is 10.1. The second-order valence-electron chi connectivity index (χ2n) is 5.68. The molecule has 0 aliphatic heterocycles. The lowest BCUT2D eigenvalue weighted by Crippen LogP contribution is -2.32. The van der Waals surface area contributed by atoms with Crippen molar-refractivity contribution in [3.05, 3.63) is 65.5 Å². The molecule has 0 saturated heterocycles. The van der Waals surface area contributed by atoms with E-state index >= 15 is 0 Å². The third kappa shape index (κ3) is 4.91. The fraction of sp³-hybridized carbons (Fsp3) is 0.263. The number of carbonyl (C=O) groups is 2. The molecule has 5 heteroatoms. The van der Waals surface area contributed by atoms with Crippen LogP contribution in [0, 0.1) is 5.82 Å². The molecule has 0 spiro atoms. The normalized spacial score (nSPS) is 11.6. The van der Waals surface area contributed by atoms with E-state index in [0.29, 0.717) is 16.8 Å². The highest BCUT2D eigenvalue weighted by molar-refractivity contribution is 6.04. The van der Waals surface area contributed by atoms with Crippen LogP contribution in [0.4, 0.5) is 10.1 Å². The van der Waals surface area contributed by atoms with Crippen molar-refractivity contribution in [2.24, 2.45) is 0 Å². The third-order valence-electron chi connectivity index (χ3n) is 3.69. The molecule has 0 aromatic heterocycles. The summed E-state index contributed by atoms with van der Waals surface area (Å²) >= 11 is 0. The quantitative estimate of drug-likeness (QED) is 0.852. The Hall–Kier alpha value is -2.69. The molecule has 24 heavy (non-hydrogen) atoms. The molecule has 0 bridgehead atoms. The van der Waals surface area contributed by atoms with Crippen molar-refractivity contribution in [2.45, 2.75) is 32.7 Å². The van der Waals surface area contributed by atoms with Gasteiger partial charge in [-0.2, -0.15) is 0 Å². The first-order chi connectivity index (χ1) is 11.5. The number of hydrogen-bond acceptors (Lipinski definition) is 2. The molecule has 2 amide bonds. The Balaban J connectivity index is 2.09. The maximum atomic E-state index is 13.2. The van der Waals surface area contributed by atoms with Crippen LogP contribution in [-0.4, -0.2) is 17.9 Å². The van der Waals surface area contributed by atoms with E-state index in [9.17, 15) is 14.0 Å². The van der Waals surface area contributed by atoms with Gasteiger partial charge in [0.25, 0.3) is 5.91 Å².